The van der Waals surface area contributed by atoms with Gasteiger partial charge in [0.2, 0.25) is 0 Å². The first-order valence-corrected chi connectivity index (χ1v) is 17.4. The van der Waals surface area contributed by atoms with Gasteiger partial charge < -0.3 is 15.3 Å². The van der Waals surface area contributed by atoms with Gasteiger partial charge in [-0.15, -0.1) is 0 Å². The SMILES string of the molecule is CCCCCCC(O)CCCCCCCCC=CC(=O)O.CCCCCCCCCCCCCCCC=CC(=O)O. The summed E-state index contributed by atoms with van der Waals surface area (Å²) in [4.78, 5) is 20.5. The minimum absolute atomic E-state index is 0.0944. The fourth-order valence-corrected chi connectivity index (χ4v) is 4.95. The second kappa shape index (κ2) is 36.4. The lowest BCUT2D eigenvalue weighted by Crippen LogP contribution is -2.05. The van der Waals surface area contributed by atoms with Crippen LogP contribution in [-0.2, 0) is 9.59 Å². The van der Waals surface area contributed by atoms with Crippen molar-refractivity contribution in [1.82, 2.24) is 0 Å². The van der Waals surface area contributed by atoms with Crippen molar-refractivity contribution in [3.63, 3.8) is 0 Å². The summed E-state index contributed by atoms with van der Waals surface area (Å²) in [7, 11) is 0. The maximum atomic E-state index is 10.3. The summed E-state index contributed by atoms with van der Waals surface area (Å²) in [6, 6.07) is 0. The van der Waals surface area contributed by atoms with Crippen LogP contribution in [0, 0.1) is 0 Å². The summed E-state index contributed by atoms with van der Waals surface area (Å²) in [6.45, 7) is 4.47. The molecule has 0 amide bonds. The van der Waals surface area contributed by atoms with Crippen molar-refractivity contribution in [3.8, 4) is 0 Å². The molecule has 0 aromatic heterocycles. The fourth-order valence-electron chi connectivity index (χ4n) is 4.95. The molecule has 3 N–H and O–H groups in total. The first kappa shape index (κ1) is 41.5. The topological polar surface area (TPSA) is 94.8 Å². The third kappa shape index (κ3) is 43.0. The Hall–Kier alpha value is -1.62. The summed E-state index contributed by atoms with van der Waals surface area (Å²) in [5, 5.41) is 26.7. The fraction of sp³-hybridized carbons (Fsp3) is 0.833. The Labute approximate surface area is 254 Å². The van der Waals surface area contributed by atoms with E-state index >= 15 is 0 Å². The first-order valence-electron chi connectivity index (χ1n) is 17.4. The Morgan fingerprint density at radius 1 is 0.463 bits per heavy atom. The molecule has 0 rings (SSSR count). The smallest absolute Gasteiger partial charge is 0.327 e. The molecule has 0 saturated heterocycles. The molecule has 0 heterocycles. The van der Waals surface area contributed by atoms with E-state index < -0.39 is 11.9 Å². The van der Waals surface area contributed by atoms with Gasteiger partial charge in [-0.05, 0) is 38.5 Å². The van der Waals surface area contributed by atoms with E-state index in [4.69, 9.17) is 10.2 Å². The van der Waals surface area contributed by atoms with Crippen LogP contribution in [0.3, 0.4) is 0 Å². The van der Waals surface area contributed by atoms with Crippen LogP contribution >= 0.6 is 0 Å². The second-order valence-electron chi connectivity index (χ2n) is 11.7. The number of aliphatic carboxylic acids is 2. The zero-order valence-electron chi connectivity index (χ0n) is 27.1. The van der Waals surface area contributed by atoms with Gasteiger partial charge >= 0.3 is 11.9 Å². The number of rotatable bonds is 30. The van der Waals surface area contributed by atoms with Crippen molar-refractivity contribution in [3.05, 3.63) is 24.3 Å². The van der Waals surface area contributed by atoms with Gasteiger partial charge in [-0.25, -0.2) is 9.59 Å². The zero-order valence-corrected chi connectivity index (χ0v) is 27.1. The Kier molecular flexibility index (Phi) is 36.9. The van der Waals surface area contributed by atoms with Gasteiger partial charge in [0, 0.05) is 12.2 Å². The van der Waals surface area contributed by atoms with Crippen LogP contribution in [0.1, 0.15) is 187 Å². The molecule has 0 aromatic rings. The van der Waals surface area contributed by atoms with E-state index in [9.17, 15) is 14.7 Å². The molecule has 0 spiro atoms. The summed E-state index contributed by atoms with van der Waals surface area (Å²) >= 11 is 0. The van der Waals surface area contributed by atoms with Gasteiger partial charge in [-0.3, -0.25) is 0 Å². The van der Waals surface area contributed by atoms with Gasteiger partial charge in [0.1, 0.15) is 0 Å². The van der Waals surface area contributed by atoms with Crippen LogP contribution in [0.5, 0.6) is 0 Å². The lowest BCUT2D eigenvalue weighted by molar-refractivity contribution is -0.132. The van der Waals surface area contributed by atoms with Crippen molar-refractivity contribution in [2.75, 3.05) is 0 Å². The number of carbonyl (C=O) groups is 2. The van der Waals surface area contributed by atoms with E-state index in [1.165, 1.54) is 141 Å². The number of aliphatic hydroxyl groups excluding tert-OH is 1. The molecule has 0 aromatic carbocycles. The molecule has 5 nitrogen and oxygen atoms in total. The summed E-state index contributed by atoms with van der Waals surface area (Å²) < 4.78 is 0. The van der Waals surface area contributed by atoms with E-state index in [0.717, 1.165) is 44.9 Å². The number of hydrogen-bond acceptors (Lipinski definition) is 3. The highest BCUT2D eigenvalue weighted by molar-refractivity contribution is 5.79. The largest absolute Gasteiger partial charge is 0.478 e. The van der Waals surface area contributed by atoms with Crippen LogP contribution in [0.25, 0.3) is 0 Å². The monoisotopic (exact) mass is 581 g/mol. The number of unbranched alkanes of at least 4 members (excludes halogenated alkanes) is 22. The predicted molar refractivity (Wildman–Crippen MR) is 176 cm³/mol. The van der Waals surface area contributed by atoms with Gasteiger partial charge in [0.25, 0.3) is 0 Å². The van der Waals surface area contributed by atoms with Gasteiger partial charge in [-0.2, -0.15) is 0 Å². The number of allylic oxidation sites excluding steroid dienone is 2. The lowest BCUT2D eigenvalue weighted by Gasteiger charge is -2.09. The molecule has 0 radical (unpaired) electrons. The van der Waals surface area contributed by atoms with Gasteiger partial charge in [-0.1, -0.05) is 161 Å². The van der Waals surface area contributed by atoms with Crippen molar-refractivity contribution < 1.29 is 24.9 Å². The Morgan fingerprint density at radius 2 is 0.732 bits per heavy atom. The highest BCUT2D eigenvalue weighted by atomic mass is 16.4. The third-order valence-electron chi connectivity index (χ3n) is 7.54. The normalized spacial score (nSPS) is 12.1. The quantitative estimate of drug-likeness (QED) is 0.0580. The van der Waals surface area contributed by atoms with Crippen LogP contribution in [0.2, 0.25) is 0 Å². The zero-order chi connectivity index (χ0) is 30.7. The van der Waals surface area contributed by atoms with Crippen LogP contribution in [0.4, 0.5) is 0 Å². The number of hydrogen-bond donors (Lipinski definition) is 3. The molecule has 0 bridgehead atoms. The molecule has 0 aliphatic heterocycles. The molecule has 5 heteroatoms. The van der Waals surface area contributed by atoms with Crippen LogP contribution in [-0.4, -0.2) is 33.4 Å². The first-order chi connectivity index (χ1) is 19.9. The standard InChI is InChI=1S/C18H34O3.C18H34O2/c1-2-3-4-11-14-17(19)15-12-9-7-5-6-8-10-13-16-18(20)21;1-2-3-4-5-6-7-8-9-10-11-12-13-14-15-16-17-18(19)20/h13,16-17,19H,2-12,14-15H2,1H3,(H,20,21);16-17H,2-15H2,1H3,(H,19,20). The molecule has 0 aliphatic carbocycles. The van der Waals surface area contributed by atoms with Crippen molar-refractivity contribution in [1.29, 1.82) is 0 Å². The highest BCUT2D eigenvalue weighted by Crippen LogP contribution is 2.14. The van der Waals surface area contributed by atoms with Gasteiger partial charge in [0.05, 0.1) is 6.10 Å². The van der Waals surface area contributed by atoms with E-state index in [0.29, 0.717) is 0 Å². The molecule has 242 valence electrons. The molecular weight excluding hydrogens is 512 g/mol. The van der Waals surface area contributed by atoms with E-state index in [1.54, 1.807) is 12.2 Å². The van der Waals surface area contributed by atoms with E-state index in [1.807, 2.05) is 0 Å². The third-order valence-corrected chi connectivity index (χ3v) is 7.54. The summed E-state index contributed by atoms with van der Waals surface area (Å²) in [5.41, 5.74) is 0. The Morgan fingerprint density at radius 3 is 1.05 bits per heavy atom. The average molecular weight is 581 g/mol. The molecule has 0 saturated carbocycles. The molecule has 0 aliphatic rings. The molecule has 0 fully saturated rings. The summed E-state index contributed by atoms with van der Waals surface area (Å²) in [5.74, 6) is -1.69. The number of aliphatic hydroxyl groups is 1. The van der Waals surface area contributed by atoms with Crippen LogP contribution < -0.4 is 0 Å². The van der Waals surface area contributed by atoms with E-state index in [2.05, 4.69) is 13.8 Å². The summed E-state index contributed by atoms with van der Waals surface area (Å²) in [6.07, 6.45) is 39.2. The maximum absolute atomic E-state index is 10.3. The molecule has 1 unspecified atom stereocenters. The molecule has 41 heavy (non-hydrogen) atoms. The minimum atomic E-state index is -0.858. The Bertz CT molecular complexity index is 599. The van der Waals surface area contributed by atoms with Crippen molar-refractivity contribution in [2.24, 2.45) is 0 Å². The average Bonchev–Trinajstić information content (AvgIpc) is 2.94. The van der Waals surface area contributed by atoms with E-state index in [-0.39, 0.29) is 6.10 Å². The number of carboxylic acid groups (broad SMARTS) is 2. The highest BCUT2D eigenvalue weighted by Gasteiger charge is 2.03. The molecular formula is C36H68O5. The minimum Gasteiger partial charge on any atom is -0.478 e. The van der Waals surface area contributed by atoms with Crippen LogP contribution in [0.15, 0.2) is 24.3 Å². The maximum Gasteiger partial charge on any atom is 0.327 e. The predicted octanol–water partition coefficient (Wildman–Crippen LogP) is 11.2. The van der Waals surface area contributed by atoms with Crippen molar-refractivity contribution in [2.45, 2.75) is 193 Å². The number of carboxylic acids is 2. The molecule has 1 atom stereocenters. The van der Waals surface area contributed by atoms with Crippen molar-refractivity contribution >= 4 is 11.9 Å². The lowest BCUT2D eigenvalue weighted by atomic mass is 10.0. The Balaban J connectivity index is 0. The van der Waals surface area contributed by atoms with Gasteiger partial charge in [0.15, 0.2) is 0 Å². The second-order valence-corrected chi connectivity index (χ2v) is 11.7.